The van der Waals surface area contributed by atoms with Gasteiger partial charge in [0.1, 0.15) is 6.54 Å². The van der Waals surface area contributed by atoms with E-state index in [2.05, 4.69) is 20.8 Å². The predicted octanol–water partition coefficient (Wildman–Crippen LogP) is 1.04. The summed E-state index contributed by atoms with van der Waals surface area (Å²) in [4.78, 5) is 25.7. The van der Waals surface area contributed by atoms with Crippen LogP contribution in [0.15, 0.2) is 0 Å². The van der Waals surface area contributed by atoms with Crippen molar-refractivity contribution in [2.24, 2.45) is 17.1 Å². The van der Waals surface area contributed by atoms with Gasteiger partial charge in [-0.15, -0.1) is 0 Å². The molecule has 0 aromatic carbocycles. The first-order valence-corrected chi connectivity index (χ1v) is 7.38. The highest BCUT2D eigenvalue weighted by Gasteiger charge is 2.28. The quantitative estimate of drug-likeness (QED) is 0.643. The Morgan fingerprint density at radius 3 is 2.33 bits per heavy atom. The number of ether oxygens (including phenoxy) is 2. The lowest BCUT2D eigenvalue weighted by atomic mass is 9.84. The van der Waals surface area contributed by atoms with Gasteiger partial charge in [-0.2, -0.15) is 0 Å². The summed E-state index contributed by atoms with van der Waals surface area (Å²) < 4.78 is 9.91. The number of hydrogen-bond acceptors (Lipinski definition) is 5. The fraction of sp³-hybridized carbons (Fsp3) is 0.867. The monoisotopic (exact) mass is 302 g/mol. The summed E-state index contributed by atoms with van der Waals surface area (Å²) in [5, 5.41) is 0. The van der Waals surface area contributed by atoms with Crippen LogP contribution < -0.4 is 5.73 Å². The number of carbonyl (C=O) groups excluding carboxylic acids is 2. The fourth-order valence-electron chi connectivity index (χ4n) is 2.10. The molecule has 21 heavy (non-hydrogen) atoms. The van der Waals surface area contributed by atoms with E-state index in [4.69, 9.17) is 15.2 Å². The summed E-state index contributed by atoms with van der Waals surface area (Å²) in [6.07, 6.45) is 0.675. The van der Waals surface area contributed by atoms with E-state index in [1.54, 1.807) is 14.0 Å². The minimum Gasteiger partial charge on any atom is -0.465 e. The minimum absolute atomic E-state index is 0.00342. The van der Waals surface area contributed by atoms with Crippen LogP contribution >= 0.6 is 0 Å². The number of hydrogen-bond donors (Lipinski definition) is 1. The average molecular weight is 302 g/mol. The van der Waals surface area contributed by atoms with Gasteiger partial charge in [-0.25, -0.2) is 0 Å². The van der Waals surface area contributed by atoms with E-state index in [1.807, 2.05) is 0 Å². The van der Waals surface area contributed by atoms with Gasteiger partial charge >= 0.3 is 5.97 Å². The third kappa shape index (κ3) is 8.67. The van der Waals surface area contributed by atoms with E-state index in [0.29, 0.717) is 26.2 Å². The molecular weight excluding hydrogens is 272 g/mol. The maximum atomic E-state index is 12.6. The molecule has 0 saturated carbocycles. The summed E-state index contributed by atoms with van der Waals surface area (Å²) in [5.41, 5.74) is 5.74. The van der Waals surface area contributed by atoms with Gasteiger partial charge in [0.2, 0.25) is 5.91 Å². The number of rotatable bonds is 9. The SMILES string of the molecule is CCOC(=O)CN(CCOC)C(=O)C(CN)CC(C)(C)C. The van der Waals surface area contributed by atoms with Crippen LogP contribution in [0.3, 0.4) is 0 Å². The van der Waals surface area contributed by atoms with Crippen molar-refractivity contribution < 1.29 is 19.1 Å². The molecule has 0 fully saturated rings. The van der Waals surface area contributed by atoms with Crippen molar-refractivity contribution >= 4 is 11.9 Å². The van der Waals surface area contributed by atoms with E-state index in [0.717, 1.165) is 0 Å². The zero-order chi connectivity index (χ0) is 16.5. The van der Waals surface area contributed by atoms with Crippen LogP contribution in [0.1, 0.15) is 34.1 Å². The second-order valence-corrected chi connectivity index (χ2v) is 6.26. The molecule has 0 aromatic heterocycles. The van der Waals surface area contributed by atoms with Gasteiger partial charge in [0, 0.05) is 20.2 Å². The Labute approximate surface area is 127 Å². The first-order chi connectivity index (χ1) is 9.75. The number of nitrogens with two attached hydrogens (primary N) is 1. The molecule has 0 heterocycles. The standard InChI is InChI=1S/C15H30N2O4/c1-6-21-13(18)11-17(7-8-20-5)14(19)12(10-16)9-15(2,3)4/h12H,6-11,16H2,1-5H3. The van der Waals surface area contributed by atoms with Gasteiger partial charge in [-0.3, -0.25) is 9.59 Å². The third-order valence-electron chi connectivity index (χ3n) is 2.99. The maximum Gasteiger partial charge on any atom is 0.325 e. The lowest BCUT2D eigenvalue weighted by molar-refractivity contribution is -0.150. The Hall–Kier alpha value is -1.14. The Bertz CT molecular complexity index is 326. The highest BCUT2D eigenvalue weighted by molar-refractivity contribution is 5.83. The van der Waals surface area contributed by atoms with Crippen molar-refractivity contribution in [3.8, 4) is 0 Å². The number of carbonyl (C=O) groups is 2. The molecule has 0 bridgehead atoms. The van der Waals surface area contributed by atoms with Crippen LogP contribution in [0.4, 0.5) is 0 Å². The normalized spacial score (nSPS) is 12.9. The number of methoxy groups -OCH3 is 1. The summed E-state index contributed by atoms with van der Waals surface area (Å²) in [7, 11) is 1.56. The largest absolute Gasteiger partial charge is 0.465 e. The van der Waals surface area contributed by atoms with Gasteiger partial charge < -0.3 is 20.1 Å². The van der Waals surface area contributed by atoms with E-state index >= 15 is 0 Å². The van der Waals surface area contributed by atoms with Crippen molar-refractivity contribution in [2.75, 3.05) is 40.0 Å². The van der Waals surface area contributed by atoms with Crippen LogP contribution in [0.25, 0.3) is 0 Å². The highest BCUT2D eigenvalue weighted by Crippen LogP contribution is 2.25. The van der Waals surface area contributed by atoms with Crippen LogP contribution in [-0.2, 0) is 19.1 Å². The van der Waals surface area contributed by atoms with Crippen LogP contribution in [0.2, 0.25) is 0 Å². The molecule has 0 aliphatic heterocycles. The Morgan fingerprint density at radius 1 is 1.29 bits per heavy atom. The molecule has 0 aromatic rings. The molecule has 0 radical (unpaired) electrons. The topological polar surface area (TPSA) is 81.9 Å². The van der Waals surface area contributed by atoms with Crippen molar-refractivity contribution in [2.45, 2.75) is 34.1 Å². The molecule has 0 aliphatic rings. The van der Waals surface area contributed by atoms with E-state index in [-0.39, 0.29) is 30.3 Å². The van der Waals surface area contributed by atoms with Gasteiger partial charge in [0.25, 0.3) is 0 Å². The Kier molecular flexibility index (Phi) is 9.21. The fourth-order valence-corrected chi connectivity index (χ4v) is 2.10. The molecule has 0 aliphatic carbocycles. The third-order valence-corrected chi connectivity index (χ3v) is 2.99. The Morgan fingerprint density at radius 2 is 1.90 bits per heavy atom. The van der Waals surface area contributed by atoms with E-state index in [1.165, 1.54) is 4.90 Å². The molecular formula is C15H30N2O4. The number of esters is 1. The summed E-state index contributed by atoms with van der Waals surface area (Å²) in [5.74, 6) is -0.817. The lowest BCUT2D eigenvalue weighted by Gasteiger charge is -2.29. The maximum absolute atomic E-state index is 12.6. The molecule has 2 N–H and O–H groups in total. The summed E-state index contributed by atoms with van der Waals surface area (Å²) in [6, 6.07) is 0. The van der Waals surface area contributed by atoms with E-state index in [9.17, 15) is 9.59 Å². The summed E-state index contributed by atoms with van der Waals surface area (Å²) in [6.45, 7) is 9.16. The molecule has 0 spiro atoms. The molecule has 0 rings (SSSR count). The Balaban J connectivity index is 4.84. The van der Waals surface area contributed by atoms with Gasteiger partial charge in [0.05, 0.1) is 19.1 Å². The van der Waals surface area contributed by atoms with Crippen LogP contribution in [-0.4, -0.2) is 56.7 Å². The van der Waals surface area contributed by atoms with Gasteiger partial charge in [0.15, 0.2) is 0 Å². The first-order valence-electron chi connectivity index (χ1n) is 7.38. The first kappa shape index (κ1) is 19.9. The molecule has 1 amide bonds. The van der Waals surface area contributed by atoms with Crippen LogP contribution in [0.5, 0.6) is 0 Å². The van der Waals surface area contributed by atoms with Crippen molar-refractivity contribution in [3.05, 3.63) is 0 Å². The molecule has 1 atom stereocenters. The summed E-state index contributed by atoms with van der Waals surface area (Å²) >= 11 is 0. The van der Waals surface area contributed by atoms with Gasteiger partial charge in [-0.1, -0.05) is 20.8 Å². The van der Waals surface area contributed by atoms with Crippen molar-refractivity contribution in [3.63, 3.8) is 0 Å². The second-order valence-electron chi connectivity index (χ2n) is 6.26. The zero-order valence-corrected chi connectivity index (χ0v) is 14.0. The van der Waals surface area contributed by atoms with Crippen molar-refractivity contribution in [1.29, 1.82) is 0 Å². The molecule has 0 saturated heterocycles. The predicted molar refractivity (Wildman–Crippen MR) is 81.7 cm³/mol. The minimum atomic E-state index is -0.409. The van der Waals surface area contributed by atoms with Crippen molar-refractivity contribution in [1.82, 2.24) is 4.90 Å². The molecule has 6 nitrogen and oxygen atoms in total. The average Bonchev–Trinajstić information content (AvgIpc) is 2.39. The number of amides is 1. The number of nitrogens with zero attached hydrogens (tertiary/aromatic N) is 1. The van der Waals surface area contributed by atoms with E-state index < -0.39 is 5.97 Å². The van der Waals surface area contributed by atoms with Crippen LogP contribution in [0, 0.1) is 11.3 Å². The smallest absolute Gasteiger partial charge is 0.325 e. The highest BCUT2D eigenvalue weighted by atomic mass is 16.5. The molecule has 1 unspecified atom stereocenters. The molecule has 124 valence electrons. The molecule has 6 heteroatoms. The van der Waals surface area contributed by atoms with Gasteiger partial charge in [-0.05, 0) is 18.8 Å². The lowest BCUT2D eigenvalue weighted by Crippen LogP contribution is -2.44. The zero-order valence-electron chi connectivity index (χ0n) is 14.0. The second kappa shape index (κ2) is 9.73.